The first-order valence-electron chi connectivity index (χ1n) is 8.14. The maximum Gasteiger partial charge on any atom is 0.338 e. The van der Waals surface area contributed by atoms with Gasteiger partial charge >= 0.3 is 5.97 Å². The van der Waals surface area contributed by atoms with E-state index in [1.165, 1.54) is 0 Å². The lowest BCUT2D eigenvalue weighted by molar-refractivity contribution is 0.0526. The van der Waals surface area contributed by atoms with E-state index < -0.39 is 0 Å². The molecule has 0 N–H and O–H groups in total. The van der Waals surface area contributed by atoms with E-state index in [9.17, 15) is 4.79 Å². The summed E-state index contributed by atoms with van der Waals surface area (Å²) >= 11 is 0. The summed E-state index contributed by atoms with van der Waals surface area (Å²) in [6, 6.07) is 11.0. The van der Waals surface area contributed by atoms with E-state index >= 15 is 0 Å². The quantitative estimate of drug-likeness (QED) is 0.533. The maximum absolute atomic E-state index is 12.0. The lowest BCUT2D eigenvalue weighted by Crippen LogP contribution is -2.04. The Kier molecular flexibility index (Phi) is 3.66. The summed E-state index contributed by atoms with van der Waals surface area (Å²) in [5.74, 6) is -0.356. The number of carbonyl (C=O) groups excluding carboxylic acids is 1. The zero-order valence-corrected chi connectivity index (χ0v) is 14.3. The number of hydrogen-bond donors (Lipinski definition) is 0. The van der Waals surface area contributed by atoms with Crippen LogP contribution < -0.4 is 0 Å². The minimum Gasteiger partial charge on any atom is -0.462 e. The molecule has 0 aliphatic heterocycles. The number of ether oxygens (including phenoxy) is 1. The number of aromatic nitrogens is 4. The average Bonchev–Trinajstić information content (AvgIpc) is 3.22. The normalized spacial score (nSPS) is 11.0. The van der Waals surface area contributed by atoms with Crippen molar-refractivity contribution in [1.29, 1.82) is 5.26 Å². The van der Waals surface area contributed by atoms with Crippen LogP contribution in [0.5, 0.6) is 0 Å². The second kappa shape index (κ2) is 6.01. The molecule has 7 heteroatoms. The molecule has 0 saturated heterocycles. The van der Waals surface area contributed by atoms with Gasteiger partial charge in [0.2, 0.25) is 0 Å². The zero-order chi connectivity index (χ0) is 18.3. The first-order chi connectivity index (χ1) is 12.6. The number of nitriles is 1. The van der Waals surface area contributed by atoms with Crippen LogP contribution >= 0.6 is 0 Å². The summed E-state index contributed by atoms with van der Waals surface area (Å²) in [6.45, 7) is 2.11. The van der Waals surface area contributed by atoms with Crippen LogP contribution in [-0.4, -0.2) is 31.7 Å². The van der Waals surface area contributed by atoms with Crippen molar-refractivity contribution in [2.75, 3.05) is 6.61 Å². The standard InChI is InChI=1S/C19H15N5O2/c1-3-26-19(25)13-5-6-14-15(8-13)23(2)22-18(14)16-10-21-17-7-4-12(9-20)11-24(16)17/h4-8,10-11H,3H2,1-2H3. The van der Waals surface area contributed by atoms with Gasteiger partial charge in [0.25, 0.3) is 0 Å². The molecule has 0 saturated carbocycles. The monoisotopic (exact) mass is 345 g/mol. The third-order valence-electron chi connectivity index (χ3n) is 4.24. The van der Waals surface area contributed by atoms with Crippen LogP contribution in [0.25, 0.3) is 27.9 Å². The lowest BCUT2D eigenvalue weighted by atomic mass is 10.1. The second-order valence-corrected chi connectivity index (χ2v) is 5.83. The van der Waals surface area contributed by atoms with Crippen molar-refractivity contribution in [3.63, 3.8) is 0 Å². The number of rotatable bonds is 3. The predicted molar refractivity (Wildman–Crippen MR) is 95.6 cm³/mol. The van der Waals surface area contributed by atoms with Crippen molar-refractivity contribution in [3.05, 3.63) is 53.9 Å². The highest BCUT2D eigenvalue weighted by molar-refractivity contribution is 5.98. The minimum atomic E-state index is -0.356. The number of fused-ring (bicyclic) bond motifs is 2. The van der Waals surface area contributed by atoms with Gasteiger partial charge in [-0.25, -0.2) is 9.78 Å². The smallest absolute Gasteiger partial charge is 0.338 e. The molecule has 3 aromatic heterocycles. The van der Waals surface area contributed by atoms with Crippen molar-refractivity contribution in [1.82, 2.24) is 19.2 Å². The Balaban J connectivity index is 1.91. The van der Waals surface area contributed by atoms with Crippen LogP contribution in [0.15, 0.2) is 42.7 Å². The lowest BCUT2D eigenvalue weighted by Gasteiger charge is -2.03. The molecule has 0 amide bonds. The van der Waals surface area contributed by atoms with E-state index in [0.29, 0.717) is 17.7 Å². The minimum absolute atomic E-state index is 0.330. The molecule has 0 spiro atoms. The third-order valence-corrected chi connectivity index (χ3v) is 4.24. The van der Waals surface area contributed by atoms with Gasteiger partial charge in [0.1, 0.15) is 17.4 Å². The molecule has 7 nitrogen and oxygen atoms in total. The van der Waals surface area contributed by atoms with E-state index in [1.54, 1.807) is 48.3 Å². The van der Waals surface area contributed by atoms with Crippen molar-refractivity contribution in [2.45, 2.75) is 6.92 Å². The largest absolute Gasteiger partial charge is 0.462 e. The highest BCUT2D eigenvalue weighted by Crippen LogP contribution is 2.29. The van der Waals surface area contributed by atoms with Crippen LogP contribution in [0, 0.1) is 11.3 Å². The van der Waals surface area contributed by atoms with E-state index in [2.05, 4.69) is 16.2 Å². The zero-order valence-electron chi connectivity index (χ0n) is 14.3. The molecule has 0 aliphatic carbocycles. The van der Waals surface area contributed by atoms with Gasteiger partial charge in [-0.1, -0.05) is 0 Å². The van der Waals surface area contributed by atoms with Crippen molar-refractivity contribution < 1.29 is 9.53 Å². The topological polar surface area (TPSA) is 85.2 Å². The number of hydrogen-bond acceptors (Lipinski definition) is 5. The van der Waals surface area contributed by atoms with Gasteiger partial charge in [-0.3, -0.25) is 9.08 Å². The number of nitrogens with zero attached hydrogens (tertiary/aromatic N) is 5. The number of imidazole rings is 1. The Labute approximate surface area is 149 Å². The Bertz CT molecular complexity index is 1200. The molecule has 0 fully saturated rings. The van der Waals surface area contributed by atoms with Crippen molar-refractivity contribution in [3.8, 4) is 17.5 Å². The van der Waals surface area contributed by atoms with Gasteiger partial charge in [0.05, 0.1) is 35.1 Å². The Morgan fingerprint density at radius 1 is 1.31 bits per heavy atom. The fourth-order valence-corrected chi connectivity index (χ4v) is 3.01. The van der Waals surface area contributed by atoms with E-state index in [-0.39, 0.29) is 5.97 Å². The van der Waals surface area contributed by atoms with Gasteiger partial charge in [-0.05, 0) is 37.3 Å². The third kappa shape index (κ3) is 2.40. The predicted octanol–water partition coefficient (Wildman–Crippen LogP) is 2.94. The second-order valence-electron chi connectivity index (χ2n) is 5.83. The molecule has 0 radical (unpaired) electrons. The Hall–Kier alpha value is -3.66. The van der Waals surface area contributed by atoms with Crippen molar-refractivity contribution in [2.24, 2.45) is 7.05 Å². The summed E-state index contributed by atoms with van der Waals surface area (Å²) in [5.41, 5.74) is 4.10. The summed E-state index contributed by atoms with van der Waals surface area (Å²) in [4.78, 5) is 16.4. The molecular formula is C19H15N5O2. The van der Waals surface area contributed by atoms with Crippen LogP contribution in [0.4, 0.5) is 0 Å². The van der Waals surface area contributed by atoms with E-state index in [4.69, 9.17) is 10.00 Å². The van der Waals surface area contributed by atoms with E-state index in [1.807, 2.05) is 17.5 Å². The first kappa shape index (κ1) is 15.8. The van der Waals surface area contributed by atoms with Gasteiger partial charge in [-0.2, -0.15) is 10.4 Å². The van der Waals surface area contributed by atoms with Crippen LogP contribution in [-0.2, 0) is 11.8 Å². The Morgan fingerprint density at radius 2 is 2.15 bits per heavy atom. The van der Waals surface area contributed by atoms with Gasteiger partial charge in [0, 0.05) is 18.6 Å². The number of aryl methyl sites for hydroxylation is 1. The summed E-state index contributed by atoms with van der Waals surface area (Å²) in [5, 5.41) is 14.6. The van der Waals surface area contributed by atoms with Gasteiger partial charge in [0.15, 0.2) is 0 Å². The summed E-state index contributed by atoms with van der Waals surface area (Å²) in [7, 11) is 1.82. The Morgan fingerprint density at radius 3 is 2.92 bits per heavy atom. The van der Waals surface area contributed by atoms with Crippen LogP contribution in [0.2, 0.25) is 0 Å². The summed E-state index contributed by atoms with van der Waals surface area (Å²) < 4.78 is 8.64. The van der Waals surface area contributed by atoms with Gasteiger partial charge in [-0.15, -0.1) is 0 Å². The fourth-order valence-electron chi connectivity index (χ4n) is 3.01. The van der Waals surface area contributed by atoms with Crippen molar-refractivity contribution >= 4 is 22.5 Å². The number of benzene rings is 1. The van der Waals surface area contributed by atoms with E-state index in [0.717, 1.165) is 27.9 Å². The summed E-state index contributed by atoms with van der Waals surface area (Å²) in [6.07, 6.45) is 3.47. The molecule has 1 aromatic carbocycles. The average molecular weight is 345 g/mol. The first-order valence-corrected chi connectivity index (χ1v) is 8.14. The molecule has 0 aliphatic rings. The molecular weight excluding hydrogens is 330 g/mol. The highest BCUT2D eigenvalue weighted by Gasteiger charge is 2.17. The molecule has 0 bridgehead atoms. The molecule has 4 aromatic rings. The fraction of sp³-hybridized carbons (Fsp3) is 0.158. The number of pyridine rings is 1. The number of esters is 1. The highest BCUT2D eigenvalue weighted by atomic mass is 16.5. The molecule has 26 heavy (non-hydrogen) atoms. The molecule has 0 atom stereocenters. The molecule has 3 heterocycles. The molecule has 4 rings (SSSR count). The van der Waals surface area contributed by atoms with Crippen LogP contribution in [0.3, 0.4) is 0 Å². The van der Waals surface area contributed by atoms with Gasteiger partial charge < -0.3 is 4.74 Å². The van der Waals surface area contributed by atoms with Crippen LogP contribution in [0.1, 0.15) is 22.8 Å². The maximum atomic E-state index is 12.0. The number of carbonyl (C=O) groups is 1. The molecule has 128 valence electrons. The molecule has 0 unspecified atom stereocenters. The SMILES string of the molecule is CCOC(=O)c1ccc2c(-c3cnc4ccc(C#N)cn34)nn(C)c2c1.